The molecule has 0 amide bonds. The monoisotopic (exact) mass is 397 g/mol. The second-order valence-corrected chi connectivity index (χ2v) is 8.34. The Morgan fingerprint density at radius 2 is 2.15 bits per heavy atom. The van der Waals surface area contributed by atoms with Crippen LogP contribution in [0, 0.1) is 8.80 Å². The zero-order valence-corrected chi connectivity index (χ0v) is 14.7. The van der Waals surface area contributed by atoms with E-state index in [0.29, 0.717) is 6.04 Å². The van der Waals surface area contributed by atoms with Gasteiger partial charge in [0.25, 0.3) is 0 Å². The molecule has 1 heterocycles. The van der Waals surface area contributed by atoms with Gasteiger partial charge in [-0.3, -0.25) is 0 Å². The minimum Gasteiger partial charge on any atom is -0.310 e. The maximum Gasteiger partial charge on any atom is 0.0656 e. The van der Waals surface area contributed by atoms with Gasteiger partial charge in [-0.25, -0.2) is 0 Å². The molecular weight excluding hydrogens is 377 g/mol. The van der Waals surface area contributed by atoms with E-state index in [-0.39, 0.29) is 0 Å². The second kappa shape index (κ2) is 6.58. The summed E-state index contributed by atoms with van der Waals surface area (Å²) in [5.41, 5.74) is 2.99. The molecule has 1 aliphatic carbocycles. The Morgan fingerprint density at radius 1 is 1.35 bits per heavy atom. The average molecular weight is 397 g/mol. The van der Waals surface area contributed by atoms with Crippen molar-refractivity contribution in [3.63, 3.8) is 0 Å². The van der Waals surface area contributed by atoms with E-state index in [1.54, 1.807) is 0 Å². The Bertz CT molecular complexity index is 551. The summed E-state index contributed by atoms with van der Waals surface area (Å²) < 4.78 is 1.39. The predicted molar refractivity (Wildman–Crippen MR) is 95.4 cm³/mol. The molecule has 0 aliphatic heterocycles. The number of hydrogen-bond acceptors (Lipinski definition) is 2. The van der Waals surface area contributed by atoms with Gasteiger partial charge in [-0.05, 0) is 76.4 Å². The first-order valence-corrected chi connectivity index (χ1v) is 9.27. The van der Waals surface area contributed by atoms with Crippen LogP contribution in [0.2, 0.25) is 0 Å². The molecule has 20 heavy (non-hydrogen) atoms. The zero-order valence-electron chi connectivity index (χ0n) is 11.7. The van der Waals surface area contributed by atoms with Crippen molar-refractivity contribution in [2.75, 3.05) is 6.54 Å². The third kappa shape index (κ3) is 3.26. The summed E-state index contributed by atoms with van der Waals surface area (Å²) in [6.45, 7) is 3.35. The molecule has 3 heteroatoms. The lowest BCUT2D eigenvalue weighted by atomic mass is 10.0. The van der Waals surface area contributed by atoms with Gasteiger partial charge in [-0.15, -0.1) is 11.3 Å². The van der Waals surface area contributed by atoms with Gasteiger partial charge in [-0.2, -0.15) is 0 Å². The minimum absolute atomic E-state index is 0.528. The van der Waals surface area contributed by atoms with Crippen molar-refractivity contribution >= 4 is 33.9 Å². The van der Waals surface area contributed by atoms with E-state index < -0.39 is 0 Å². The number of halogens is 1. The molecule has 3 rings (SSSR count). The van der Waals surface area contributed by atoms with Gasteiger partial charge in [0.05, 0.1) is 2.88 Å². The first kappa shape index (κ1) is 14.5. The van der Waals surface area contributed by atoms with Gasteiger partial charge in [0.15, 0.2) is 0 Å². The molecule has 0 radical (unpaired) electrons. The number of nitrogens with one attached hydrogen (secondary N) is 1. The third-order valence-corrected chi connectivity index (χ3v) is 5.86. The summed E-state index contributed by atoms with van der Waals surface area (Å²) in [4.78, 5) is 0. The molecule has 0 saturated heterocycles. The normalized spacial score (nSPS) is 22.7. The third-order valence-electron chi connectivity index (χ3n) is 4.06. The van der Waals surface area contributed by atoms with Gasteiger partial charge < -0.3 is 5.32 Å². The molecule has 1 aromatic heterocycles. The van der Waals surface area contributed by atoms with E-state index in [2.05, 4.69) is 76.6 Å². The highest BCUT2D eigenvalue weighted by atomic mass is 127. The second-order valence-electron chi connectivity index (χ2n) is 5.53. The lowest BCUT2D eigenvalue weighted by Gasteiger charge is -2.18. The topological polar surface area (TPSA) is 12.0 Å². The lowest BCUT2D eigenvalue weighted by Crippen LogP contribution is -2.24. The van der Waals surface area contributed by atoms with Crippen LogP contribution in [-0.4, -0.2) is 6.54 Å². The Balaban J connectivity index is 1.74. The van der Waals surface area contributed by atoms with E-state index in [1.807, 2.05) is 11.3 Å². The number of rotatable bonds is 6. The van der Waals surface area contributed by atoms with Crippen LogP contribution in [0.5, 0.6) is 0 Å². The average Bonchev–Trinajstić information content (AvgIpc) is 3.15. The molecular formula is C17H20INS. The fourth-order valence-electron chi connectivity index (χ4n) is 2.97. The van der Waals surface area contributed by atoms with Crippen molar-refractivity contribution in [2.24, 2.45) is 5.92 Å². The summed E-state index contributed by atoms with van der Waals surface area (Å²) in [7, 11) is 0. The molecule has 1 aliphatic rings. The maximum atomic E-state index is 3.76. The molecule has 3 atom stereocenters. The molecule has 1 aromatic carbocycles. The van der Waals surface area contributed by atoms with Crippen LogP contribution in [0.15, 0.2) is 41.8 Å². The van der Waals surface area contributed by atoms with E-state index in [4.69, 9.17) is 0 Å². The summed E-state index contributed by atoms with van der Waals surface area (Å²) in [5, 5.41) is 6.09. The summed E-state index contributed by atoms with van der Waals surface area (Å²) in [5.74, 6) is 1.50. The van der Waals surface area contributed by atoms with E-state index in [1.165, 1.54) is 26.9 Å². The van der Waals surface area contributed by atoms with E-state index in [0.717, 1.165) is 18.4 Å². The number of hydrogen-bond donors (Lipinski definition) is 1. The maximum absolute atomic E-state index is 3.76. The summed E-state index contributed by atoms with van der Waals surface area (Å²) >= 11 is 4.28. The van der Waals surface area contributed by atoms with Crippen LogP contribution < -0.4 is 5.32 Å². The SMILES string of the molecule is CCCNC(c1csc(I)c1)C1CC1c1ccccc1. The summed E-state index contributed by atoms with van der Waals surface area (Å²) in [6.07, 6.45) is 2.51. The highest BCUT2D eigenvalue weighted by molar-refractivity contribution is 14.1. The molecule has 1 fully saturated rings. The predicted octanol–water partition coefficient (Wildman–Crippen LogP) is 5.20. The molecule has 1 nitrogen and oxygen atoms in total. The van der Waals surface area contributed by atoms with Gasteiger partial charge in [0.1, 0.15) is 0 Å². The first-order chi connectivity index (χ1) is 9.79. The standard InChI is InChI=1S/C17H20INS/c1-2-8-19-17(13-9-16(18)20-11-13)15-10-14(15)12-6-4-3-5-7-12/h3-7,9,11,14-15,17,19H,2,8,10H2,1H3. The molecule has 0 spiro atoms. The van der Waals surface area contributed by atoms with Crippen molar-refractivity contribution in [2.45, 2.75) is 31.7 Å². The van der Waals surface area contributed by atoms with Gasteiger partial charge in [0.2, 0.25) is 0 Å². The van der Waals surface area contributed by atoms with Crippen molar-refractivity contribution in [3.8, 4) is 0 Å². The molecule has 2 aromatic rings. The smallest absolute Gasteiger partial charge is 0.0656 e. The first-order valence-electron chi connectivity index (χ1n) is 7.32. The quantitative estimate of drug-likeness (QED) is 0.661. The van der Waals surface area contributed by atoms with Crippen LogP contribution >= 0.6 is 33.9 Å². The van der Waals surface area contributed by atoms with Crippen LogP contribution in [0.25, 0.3) is 0 Å². The highest BCUT2D eigenvalue weighted by Crippen LogP contribution is 2.54. The van der Waals surface area contributed by atoms with Crippen molar-refractivity contribution in [1.29, 1.82) is 0 Å². The largest absolute Gasteiger partial charge is 0.310 e. The highest BCUT2D eigenvalue weighted by Gasteiger charge is 2.44. The van der Waals surface area contributed by atoms with Crippen molar-refractivity contribution in [1.82, 2.24) is 5.32 Å². The Morgan fingerprint density at radius 3 is 2.80 bits per heavy atom. The van der Waals surface area contributed by atoms with Crippen molar-refractivity contribution < 1.29 is 0 Å². The van der Waals surface area contributed by atoms with E-state index in [9.17, 15) is 0 Å². The minimum atomic E-state index is 0.528. The van der Waals surface area contributed by atoms with Gasteiger partial charge in [0, 0.05) is 6.04 Å². The molecule has 1 saturated carbocycles. The Hall–Kier alpha value is -0.390. The molecule has 106 valence electrons. The van der Waals surface area contributed by atoms with Crippen LogP contribution in [0.1, 0.15) is 42.9 Å². The molecule has 1 N–H and O–H groups in total. The lowest BCUT2D eigenvalue weighted by molar-refractivity contribution is 0.474. The van der Waals surface area contributed by atoms with Crippen LogP contribution in [-0.2, 0) is 0 Å². The van der Waals surface area contributed by atoms with E-state index >= 15 is 0 Å². The number of benzene rings is 1. The molecule has 0 bridgehead atoms. The van der Waals surface area contributed by atoms with Gasteiger partial charge >= 0.3 is 0 Å². The fraction of sp³-hybridized carbons (Fsp3) is 0.412. The summed E-state index contributed by atoms with van der Waals surface area (Å²) in [6, 6.07) is 13.9. The Labute approximate surface area is 138 Å². The zero-order chi connectivity index (χ0) is 13.9. The Kier molecular flexibility index (Phi) is 4.79. The molecule has 3 unspecified atom stereocenters. The fourth-order valence-corrected chi connectivity index (χ4v) is 4.38. The number of thiophene rings is 1. The van der Waals surface area contributed by atoms with Crippen molar-refractivity contribution in [3.05, 3.63) is 55.8 Å². The van der Waals surface area contributed by atoms with Crippen LogP contribution in [0.4, 0.5) is 0 Å². The van der Waals surface area contributed by atoms with Crippen LogP contribution in [0.3, 0.4) is 0 Å². The van der Waals surface area contributed by atoms with Gasteiger partial charge in [-0.1, -0.05) is 37.3 Å².